The van der Waals surface area contributed by atoms with Crippen molar-refractivity contribution in [1.82, 2.24) is 0 Å². The van der Waals surface area contributed by atoms with Crippen LogP contribution in [0.1, 0.15) is 103 Å². The number of phosphoric acid groups is 1. The van der Waals surface area contributed by atoms with Gasteiger partial charge in [0, 0.05) is 12.8 Å². The molecule has 224 valence electrons. The lowest BCUT2D eigenvalue weighted by atomic mass is 10.1. The second kappa shape index (κ2) is 22.6. The molecule has 0 aliphatic carbocycles. The van der Waals surface area contributed by atoms with Gasteiger partial charge in [0.1, 0.15) is 19.8 Å². The summed E-state index contributed by atoms with van der Waals surface area (Å²) in [5.74, 6) is -0.836. The van der Waals surface area contributed by atoms with Crippen molar-refractivity contribution in [2.75, 3.05) is 47.5 Å². The Morgan fingerprint density at radius 2 is 1.39 bits per heavy atom. The average Bonchev–Trinajstić information content (AvgIpc) is 2.83. The summed E-state index contributed by atoms with van der Waals surface area (Å²) in [6.07, 6.45) is 14.9. The van der Waals surface area contributed by atoms with E-state index in [4.69, 9.17) is 18.5 Å². The molecular weight excluding hydrogens is 509 g/mol. The highest BCUT2D eigenvalue weighted by atomic mass is 31.2. The van der Waals surface area contributed by atoms with Crippen LogP contribution in [0.25, 0.3) is 0 Å². The van der Waals surface area contributed by atoms with E-state index in [-0.39, 0.29) is 32.0 Å². The summed E-state index contributed by atoms with van der Waals surface area (Å²) < 4.78 is 33.7. The number of ether oxygens (including phenoxy) is 2. The number of carbonyl (C=O) groups is 2. The second-order valence-electron chi connectivity index (χ2n) is 10.9. The van der Waals surface area contributed by atoms with Crippen molar-refractivity contribution >= 4 is 19.8 Å². The molecule has 0 fully saturated rings. The molecule has 2 atom stereocenters. The summed E-state index contributed by atoms with van der Waals surface area (Å²) in [6.45, 7) is 5.79. The number of hydrogen-bond acceptors (Lipinski definition) is 7. The van der Waals surface area contributed by atoms with Crippen LogP contribution in [-0.2, 0) is 32.7 Å². The van der Waals surface area contributed by atoms with Gasteiger partial charge in [0.15, 0.2) is 6.10 Å². The van der Waals surface area contributed by atoms with E-state index in [9.17, 15) is 19.0 Å². The molecule has 0 aromatic carbocycles. The van der Waals surface area contributed by atoms with Crippen molar-refractivity contribution in [2.24, 2.45) is 0 Å². The van der Waals surface area contributed by atoms with Gasteiger partial charge < -0.3 is 18.9 Å². The third-order valence-electron chi connectivity index (χ3n) is 5.94. The number of rotatable bonds is 26. The number of nitrogens with zero attached hydrogens (tertiary/aromatic N) is 1. The quantitative estimate of drug-likeness (QED) is 0.0426. The van der Waals surface area contributed by atoms with Gasteiger partial charge in [-0.05, 0) is 25.7 Å². The zero-order valence-electron chi connectivity index (χ0n) is 24.5. The van der Waals surface area contributed by atoms with Crippen molar-refractivity contribution in [3.05, 3.63) is 12.7 Å². The number of hydrogen-bond donors (Lipinski definition) is 1. The SMILES string of the molecule is C=CCCCCCCCC(=O)O[C@H](COC(=O)CCCCCCCCC)COP(=O)(O)OCC[N+](C)(C)C. The molecule has 38 heavy (non-hydrogen) atoms. The predicted molar refractivity (Wildman–Crippen MR) is 151 cm³/mol. The molecule has 0 aromatic rings. The van der Waals surface area contributed by atoms with E-state index in [0.29, 0.717) is 17.4 Å². The maximum Gasteiger partial charge on any atom is 0.472 e. The number of unbranched alkanes of at least 4 members (excludes halogenated alkanes) is 11. The van der Waals surface area contributed by atoms with Gasteiger partial charge >= 0.3 is 19.8 Å². The Morgan fingerprint density at radius 1 is 0.842 bits per heavy atom. The molecule has 1 unspecified atom stereocenters. The number of allylic oxidation sites excluding steroid dienone is 1. The summed E-state index contributed by atoms with van der Waals surface area (Å²) in [4.78, 5) is 34.6. The Hall–Kier alpha value is -1.25. The first kappa shape index (κ1) is 36.8. The molecule has 0 aromatic heterocycles. The Morgan fingerprint density at radius 3 is 1.97 bits per heavy atom. The summed E-state index contributed by atoms with van der Waals surface area (Å²) >= 11 is 0. The predicted octanol–water partition coefficient (Wildman–Crippen LogP) is 6.34. The van der Waals surface area contributed by atoms with Gasteiger partial charge in [-0.25, -0.2) is 4.57 Å². The van der Waals surface area contributed by atoms with Crippen LogP contribution in [0, 0.1) is 0 Å². The fourth-order valence-electron chi connectivity index (χ4n) is 3.58. The minimum atomic E-state index is -4.35. The summed E-state index contributed by atoms with van der Waals surface area (Å²) in [7, 11) is 1.46. The van der Waals surface area contributed by atoms with Crippen LogP contribution in [0.5, 0.6) is 0 Å². The highest BCUT2D eigenvalue weighted by molar-refractivity contribution is 7.47. The lowest BCUT2D eigenvalue weighted by molar-refractivity contribution is -0.870. The highest BCUT2D eigenvalue weighted by Gasteiger charge is 2.27. The van der Waals surface area contributed by atoms with Gasteiger partial charge in [-0.3, -0.25) is 18.6 Å². The number of quaternary nitrogens is 1. The maximum absolute atomic E-state index is 12.4. The minimum absolute atomic E-state index is 0.0297. The van der Waals surface area contributed by atoms with Gasteiger partial charge in [0.05, 0.1) is 27.7 Å². The largest absolute Gasteiger partial charge is 0.472 e. The van der Waals surface area contributed by atoms with E-state index < -0.39 is 26.5 Å². The van der Waals surface area contributed by atoms with E-state index in [2.05, 4.69) is 13.5 Å². The number of phosphoric ester groups is 1. The topological polar surface area (TPSA) is 108 Å². The van der Waals surface area contributed by atoms with Crippen molar-refractivity contribution in [3.8, 4) is 0 Å². The van der Waals surface area contributed by atoms with Crippen LogP contribution >= 0.6 is 7.82 Å². The molecule has 10 heteroatoms. The van der Waals surface area contributed by atoms with Crippen LogP contribution in [0.3, 0.4) is 0 Å². The molecule has 0 spiro atoms. The van der Waals surface area contributed by atoms with E-state index in [1.807, 2.05) is 27.2 Å². The Kier molecular flexibility index (Phi) is 21.8. The molecular formula is C28H55NO8P+. The van der Waals surface area contributed by atoms with E-state index in [1.165, 1.54) is 25.7 Å². The molecule has 0 amide bonds. The zero-order valence-corrected chi connectivity index (χ0v) is 25.4. The molecule has 0 saturated heterocycles. The lowest BCUT2D eigenvalue weighted by Crippen LogP contribution is -2.37. The summed E-state index contributed by atoms with van der Waals surface area (Å²) in [5.41, 5.74) is 0. The van der Waals surface area contributed by atoms with E-state index in [1.54, 1.807) is 0 Å². The second-order valence-corrected chi connectivity index (χ2v) is 12.3. The average molecular weight is 565 g/mol. The van der Waals surface area contributed by atoms with Crippen LogP contribution in [-0.4, -0.2) is 74.9 Å². The van der Waals surface area contributed by atoms with E-state index >= 15 is 0 Å². The Bertz CT molecular complexity index is 680. The lowest BCUT2D eigenvalue weighted by Gasteiger charge is -2.24. The summed E-state index contributed by atoms with van der Waals surface area (Å²) in [5, 5.41) is 0. The number of likely N-dealkylation sites (N-methyl/N-ethyl adjacent to an activating group) is 1. The van der Waals surface area contributed by atoms with Crippen LogP contribution in [0.15, 0.2) is 12.7 Å². The highest BCUT2D eigenvalue weighted by Crippen LogP contribution is 2.43. The Balaban J connectivity index is 4.58. The molecule has 0 saturated carbocycles. The fraction of sp³-hybridized carbons (Fsp3) is 0.857. The van der Waals surface area contributed by atoms with Gasteiger partial charge in [-0.2, -0.15) is 0 Å². The normalized spacial score (nSPS) is 14.0. The summed E-state index contributed by atoms with van der Waals surface area (Å²) in [6, 6.07) is 0. The molecule has 0 radical (unpaired) electrons. The van der Waals surface area contributed by atoms with Gasteiger partial charge in [-0.1, -0.05) is 70.8 Å². The fourth-order valence-corrected chi connectivity index (χ4v) is 4.32. The molecule has 1 N–H and O–H groups in total. The van der Waals surface area contributed by atoms with Crippen LogP contribution in [0.4, 0.5) is 0 Å². The van der Waals surface area contributed by atoms with Crippen molar-refractivity contribution in [3.63, 3.8) is 0 Å². The smallest absolute Gasteiger partial charge is 0.462 e. The van der Waals surface area contributed by atoms with Gasteiger partial charge in [0.25, 0.3) is 0 Å². The molecule has 0 aliphatic rings. The van der Waals surface area contributed by atoms with E-state index in [0.717, 1.165) is 51.4 Å². The van der Waals surface area contributed by atoms with Crippen molar-refractivity contribution < 1.29 is 42.1 Å². The van der Waals surface area contributed by atoms with Crippen molar-refractivity contribution in [2.45, 2.75) is 109 Å². The van der Waals surface area contributed by atoms with Gasteiger partial charge in [0.2, 0.25) is 0 Å². The standard InChI is InChI=1S/C28H54NO8P/c1-6-8-10-12-14-16-18-20-27(30)34-24-26(25-36-38(32,33)35-23-22-29(3,4)5)37-28(31)21-19-17-15-13-11-9-7-2/h7,26H,2,6,8-25H2,1,3-5H3/p+1/t26-/m1/s1. The monoisotopic (exact) mass is 564 g/mol. The molecule has 0 heterocycles. The van der Waals surface area contributed by atoms with Crippen molar-refractivity contribution in [1.29, 1.82) is 0 Å². The Labute approximate surface area is 231 Å². The first-order valence-corrected chi connectivity index (χ1v) is 15.9. The molecule has 0 aliphatic heterocycles. The number of esters is 2. The first-order valence-electron chi connectivity index (χ1n) is 14.4. The zero-order chi connectivity index (χ0) is 28.7. The third kappa shape index (κ3) is 25.1. The van der Waals surface area contributed by atoms with Gasteiger partial charge in [-0.15, -0.1) is 6.58 Å². The molecule has 0 bridgehead atoms. The van der Waals surface area contributed by atoms with Crippen LogP contribution in [0.2, 0.25) is 0 Å². The van der Waals surface area contributed by atoms with Crippen LogP contribution < -0.4 is 0 Å². The third-order valence-corrected chi connectivity index (χ3v) is 6.93. The maximum atomic E-state index is 12.4. The molecule has 9 nitrogen and oxygen atoms in total. The molecule has 0 rings (SSSR count). The first-order chi connectivity index (χ1) is 18.0. The minimum Gasteiger partial charge on any atom is -0.462 e. The number of carbonyl (C=O) groups excluding carboxylic acids is 2.